The summed E-state index contributed by atoms with van der Waals surface area (Å²) in [4.78, 5) is 11.7. The third-order valence-corrected chi connectivity index (χ3v) is 2.79. The van der Waals surface area contributed by atoms with Gasteiger partial charge in [0.2, 0.25) is 5.91 Å². The number of aryl methyl sites for hydroxylation is 2. The Hall–Kier alpha value is -2.30. The smallest absolute Gasteiger partial charge is 0.224 e. The van der Waals surface area contributed by atoms with Crippen LogP contribution in [-0.2, 0) is 18.3 Å². The van der Waals surface area contributed by atoms with Crippen molar-refractivity contribution in [2.24, 2.45) is 7.05 Å². The van der Waals surface area contributed by atoms with Crippen LogP contribution in [0.3, 0.4) is 0 Å². The maximum Gasteiger partial charge on any atom is 0.224 e. The number of amides is 1. The van der Waals surface area contributed by atoms with Crippen molar-refractivity contribution in [1.29, 1.82) is 0 Å². The molecule has 0 aliphatic heterocycles. The molecule has 2 rings (SSSR count). The Morgan fingerprint density at radius 2 is 2.11 bits per heavy atom. The molecule has 5 heteroatoms. The van der Waals surface area contributed by atoms with Crippen molar-refractivity contribution >= 4 is 11.6 Å². The van der Waals surface area contributed by atoms with Gasteiger partial charge in [0.05, 0.1) is 19.0 Å². The zero-order valence-electron chi connectivity index (χ0n) is 11.1. The average Bonchev–Trinajstić information content (AvgIpc) is 2.82. The standard InChI is InChI=1S/C14H17N3O2/c1-17-10-12(9-15-17)16-14(18)8-5-11-3-6-13(19-2)7-4-11/h3-4,6-7,9-10H,5,8H2,1-2H3,(H,16,18). The van der Waals surface area contributed by atoms with Gasteiger partial charge in [-0.1, -0.05) is 12.1 Å². The van der Waals surface area contributed by atoms with Gasteiger partial charge in [-0.3, -0.25) is 9.48 Å². The number of aromatic nitrogens is 2. The van der Waals surface area contributed by atoms with E-state index in [1.54, 1.807) is 24.2 Å². The van der Waals surface area contributed by atoms with Gasteiger partial charge >= 0.3 is 0 Å². The second-order valence-electron chi connectivity index (χ2n) is 4.30. The van der Waals surface area contributed by atoms with Crippen molar-refractivity contribution in [3.8, 4) is 5.75 Å². The Kier molecular flexibility index (Phi) is 4.18. The first kappa shape index (κ1) is 13.1. The number of hydrogen-bond donors (Lipinski definition) is 1. The van der Waals surface area contributed by atoms with Crippen LogP contribution in [0.25, 0.3) is 0 Å². The molecule has 1 amide bonds. The summed E-state index contributed by atoms with van der Waals surface area (Å²) in [6.07, 6.45) is 4.55. The number of carbonyl (C=O) groups is 1. The van der Waals surface area contributed by atoms with Gasteiger partial charge in [0.15, 0.2) is 0 Å². The molecule has 2 aromatic rings. The van der Waals surface area contributed by atoms with E-state index in [-0.39, 0.29) is 5.91 Å². The normalized spacial score (nSPS) is 10.2. The molecule has 5 nitrogen and oxygen atoms in total. The molecule has 1 aromatic carbocycles. The molecule has 0 radical (unpaired) electrons. The highest BCUT2D eigenvalue weighted by molar-refractivity contribution is 5.90. The summed E-state index contributed by atoms with van der Waals surface area (Å²) in [5.74, 6) is 0.812. The minimum absolute atomic E-state index is 0.0104. The molecule has 0 fully saturated rings. The number of carbonyl (C=O) groups excluding carboxylic acids is 1. The fourth-order valence-corrected chi connectivity index (χ4v) is 1.76. The number of ether oxygens (including phenoxy) is 1. The number of rotatable bonds is 5. The molecule has 19 heavy (non-hydrogen) atoms. The summed E-state index contributed by atoms with van der Waals surface area (Å²) < 4.78 is 6.74. The second-order valence-corrected chi connectivity index (χ2v) is 4.30. The van der Waals surface area contributed by atoms with Gasteiger partial charge in [-0.25, -0.2) is 0 Å². The Morgan fingerprint density at radius 1 is 1.37 bits per heavy atom. The zero-order valence-corrected chi connectivity index (χ0v) is 11.1. The molecule has 0 saturated heterocycles. The quantitative estimate of drug-likeness (QED) is 0.893. The number of nitrogens with zero attached hydrogens (tertiary/aromatic N) is 2. The van der Waals surface area contributed by atoms with Gasteiger partial charge in [0, 0.05) is 19.7 Å². The van der Waals surface area contributed by atoms with E-state index in [2.05, 4.69) is 10.4 Å². The van der Waals surface area contributed by atoms with E-state index in [0.29, 0.717) is 12.8 Å². The second kappa shape index (κ2) is 6.04. The van der Waals surface area contributed by atoms with Crippen LogP contribution in [0.4, 0.5) is 5.69 Å². The summed E-state index contributed by atoms with van der Waals surface area (Å²) in [5.41, 5.74) is 1.84. The van der Waals surface area contributed by atoms with E-state index in [1.807, 2.05) is 31.3 Å². The molecule has 1 aromatic heterocycles. The minimum atomic E-state index is -0.0104. The molecule has 100 valence electrons. The van der Waals surface area contributed by atoms with Crippen molar-refractivity contribution in [3.05, 3.63) is 42.2 Å². The summed E-state index contributed by atoms with van der Waals surface area (Å²) in [6, 6.07) is 7.73. The van der Waals surface area contributed by atoms with E-state index in [0.717, 1.165) is 17.0 Å². The van der Waals surface area contributed by atoms with Crippen LogP contribution < -0.4 is 10.1 Å². The molecule has 0 aliphatic carbocycles. The van der Waals surface area contributed by atoms with Crippen LogP contribution in [0.15, 0.2) is 36.7 Å². The van der Waals surface area contributed by atoms with Crippen LogP contribution in [0.5, 0.6) is 5.75 Å². The van der Waals surface area contributed by atoms with E-state index < -0.39 is 0 Å². The monoisotopic (exact) mass is 259 g/mol. The van der Waals surface area contributed by atoms with Crippen molar-refractivity contribution in [2.45, 2.75) is 12.8 Å². The molecule has 0 aliphatic rings. The fraction of sp³-hybridized carbons (Fsp3) is 0.286. The molecule has 0 unspecified atom stereocenters. The lowest BCUT2D eigenvalue weighted by molar-refractivity contribution is -0.116. The molecule has 0 saturated carbocycles. The zero-order chi connectivity index (χ0) is 13.7. The minimum Gasteiger partial charge on any atom is -0.497 e. The Labute approximate surface area is 112 Å². The summed E-state index contributed by atoms with van der Waals surface area (Å²) in [6.45, 7) is 0. The van der Waals surface area contributed by atoms with E-state index in [4.69, 9.17) is 4.74 Å². The van der Waals surface area contributed by atoms with E-state index in [9.17, 15) is 4.79 Å². The highest BCUT2D eigenvalue weighted by Crippen LogP contribution is 2.13. The van der Waals surface area contributed by atoms with Crippen molar-refractivity contribution < 1.29 is 9.53 Å². The van der Waals surface area contributed by atoms with Crippen LogP contribution in [0, 0.1) is 0 Å². The third-order valence-electron chi connectivity index (χ3n) is 2.79. The number of benzene rings is 1. The Balaban J connectivity index is 1.82. The molecule has 1 N–H and O–H groups in total. The van der Waals surface area contributed by atoms with Crippen molar-refractivity contribution in [3.63, 3.8) is 0 Å². The SMILES string of the molecule is COc1ccc(CCC(=O)Nc2cnn(C)c2)cc1. The van der Waals surface area contributed by atoms with Gasteiger partial charge in [-0.15, -0.1) is 0 Å². The summed E-state index contributed by atoms with van der Waals surface area (Å²) >= 11 is 0. The topological polar surface area (TPSA) is 56.1 Å². The van der Waals surface area contributed by atoms with Gasteiger partial charge in [0.25, 0.3) is 0 Å². The average molecular weight is 259 g/mol. The first-order valence-electron chi connectivity index (χ1n) is 6.09. The van der Waals surface area contributed by atoms with E-state index >= 15 is 0 Å². The Morgan fingerprint density at radius 3 is 2.68 bits per heavy atom. The lowest BCUT2D eigenvalue weighted by Gasteiger charge is -2.04. The van der Waals surface area contributed by atoms with Crippen LogP contribution in [-0.4, -0.2) is 22.8 Å². The molecule has 0 bridgehead atoms. The lowest BCUT2D eigenvalue weighted by atomic mass is 10.1. The van der Waals surface area contributed by atoms with Gasteiger partial charge in [-0.05, 0) is 24.1 Å². The van der Waals surface area contributed by atoms with Crippen molar-refractivity contribution in [1.82, 2.24) is 9.78 Å². The summed E-state index contributed by atoms with van der Waals surface area (Å²) in [5, 5.41) is 6.80. The summed E-state index contributed by atoms with van der Waals surface area (Å²) in [7, 11) is 3.45. The largest absolute Gasteiger partial charge is 0.497 e. The molecular formula is C14H17N3O2. The third kappa shape index (κ3) is 3.84. The van der Waals surface area contributed by atoms with Gasteiger partial charge < -0.3 is 10.1 Å². The lowest BCUT2D eigenvalue weighted by Crippen LogP contribution is -2.11. The molecule has 0 atom stereocenters. The fourth-order valence-electron chi connectivity index (χ4n) is 1.76. The van der Waals surface area contributed by atoms with Crippen molar-refractivity contribution in [2.75, 3.05) is 12.4 Å². The molecule has 1 heterocycles. The highest BCUT2D eigenvalue weighted by Gasteiger charge is 2.04. The van der Waals surface area contributed by atoms with Crippen LogP contribution in [0.2, 0.25) is 0 Å². The van der Waals surface area contributed by atoms with E-state index in [1.165, 1.54) is 0 Å². The predicted molar refractivity (Wildman–Crippen MR) is 73.2 cm³/mol. The maximum absolute atomic E-state index is 11.7. The van der Waals surface area contributed by atoms with Crippen LogP contribution in [0.1, 0.15) is 12.0 Å². The number of hydrogen-bond acceptors (Lipinski definition) is 3. The first-order chi connectivity index (χ1) is 9.17. The Bertz CT molecular complexity index is 546. The predicted octanol–water partition coefficient (Wildman–Crippen LogP) is 2.00. The van der Waals surface area contributed by atoms with Crippen LogP contribution >= 0.6 is 0 Å². The number of methoxy groups -OCH3 is 1. The van der Waals surface area contributed by atoms with Gasteiger partial charge in [-0.2, -0.15) is 5.10 Å². The highest BCUT2D eigenvalue weighted by atomic mass is 16.5. The first-order valence-corrected chi connectivity index (χ1v) is 6.09. The maximum atomic E-state index is 11.7. The molecular weight excluding hydrogens is 242 g/mol. The number of nitrogens with one attached hydrogen (secondary N) is 1. The molecule has 0 spiro atoms. The van der Waals surface area contributed by atoms with Gasteiger partial charge in [0.1, 0.15) is 5.75 Å². The number of anilines is 1.